The zero-order chi connectivity index (χ0) is 19.7. The number of aromatic amines is 1. The van der Waals surface area contributed by atoms with Crippen molar-refractivity contribution < 1.29 is 18.0 Å². The zero-order valence-corrected chi connectivity index (χ0v) is 14.3. The molecule has 0 atom stereocenters. The van der Waals surface area contributed by atoms with E-state index in [1.165, 1.54) is 24.4 Å². The summed E-state index contributed by atoms with van der Waals surface area (Å²) in [7, 11) is 0. The van der Waals surface area contributed by atoms with Gasteiger partial charge in [-0.25, -0.2) is 4.98 Å². The van der Waals surface area contributed by atoms with Gasteiger partial charge in [0.2, 0.25) is 0 Å². The minimum atomic E-state index is -4.51. The van der Waals surface area contributed by atoms with E-state index in [9.17, 15) is 18.0 Å². The lowest BCUT2D eigenvalue weighted by Crippen LogP contribution is -2.13. The summed E-state index contributed by atoms with van der Waals surface area (Å²) >= 11 is 0. The van der Waals surface area contributed by atoms with Crippen LogP contribution < -0.4 is 5.32 Å². The third-order valence-corrected chi connectivity index (χ3v) is 4.15. The molecule has 5 nitrogen and oxygen atoms in total. The molecule has 0 unspecified atom stereocenters. The van der Waals surface area contributed by atoms with Gasteiger partial charge in [-0.05, 0) is 30.3 Å². The molecule has 1 amide bonds. The van der Waals surface area contributed by atoms with Crippen LogP contribution in [0.3, 0.4) is 0 Å². The van der Waals surface area contributed by atoms with Gasteiger partial charge in [-0.1, -0.05) is 30.3 Å². The van der Waals surface area contributed by atoms with Crippen LogP contribution >= 0.6 is 0 Å². The number of para-hydroxylation sites is 1. The summed E-state index contributed by atoms with van der Waals surface area (Å²) in [5.74, 6) is -0.365. The fraction of sp³-hybridized carbons (Fsp3) is 0.0500. The van der Waals surface area contributed by atoms with E-state index in [0.717, 1.165) is 6.07 Å². The number of aromatic nitrogens is 3. The van der Waals surface area contributed by atoms with E-state index in [-0.39, 0.29) is 17.1 Å². The van der Waals surface area contributed by atoms with Crippen LogP contribution in [0.5, 0.6) is 0 Å². The minimum Gasteiger partial charge on any atom is -0.338 e. The highest BCUT2D eigenvalue weighted by atomic mass is 19.4. The van der Waals surface area contributed by atoms with E-state index in [1.807, 2.05) is 0 Å². The fourth-order valence-corrected chi connectivity index (χ4v) is 2.88. The molecule has 0 aliphatic carbocycles. The number of hydrogen-bond donors (Lipinski definition) is 2. The molecule has 0 saturated heterocycles. The lowest BCUT2D eigenvalue weighted by Gasteiger charge is -2.10. The van der Waals surface area contributed by atoms with Crippen molar-refractivity contribution in [3.63, 3.8) is 0 Å². The molecule has 0 bridgehead atoms. The Balaban J connectivity index is 1.76. The maximum Gasteiger partial charge on any atom is 0.417 e. The van der Waals surface area contributed by atoms with Crippen LogP contribution in [-0.4, -0.2) is 20.9 Å². The summed E-state index contributed by atoms with van der Waals surface area (Å²) in [6.07, 6.45) is -3.01. The Morgan fingerprint density at radius 3 is 2.50 bits per heavy atom. The molecule has 2 heterocycles. The van der Waals surface area contributed by atoms with Crippen LogP contribution in [0.25, 0.3) is 22.4 Å². The predicted octanol–water partition coefficient (Wildman–Crippen LogP) is 4.90. The molecular formula is C20H13F3N4O. The Morgan fingerprint density at radius 1 is 0.964 bits per heavy atom. The molecular weight excluding hydrogens is 369 g/mol. The monoisotopic (exact) mass is 382 g/mol. The number of hydrogen-bond acceptors (Lipinski definition) is 3. The van der Waals surface area contributed by atoms with Gasteiger partial charge in [0.05, 0.1) is 16.8 Å². The van der Waals surface area contributed by atoms with Crippen molar-refractivity contribution in [2.75, 3.05) is 5.32 Å². The van der Waals surface area contributed by atoms with Gasteiger partial charge in [0.1, 0.15) is 17.0 Å². The van der Waals surface area contributed by atoms with E-state index < -0.39 is 17.6 Å². The average molecular weight is 382 g/mol. The highest BCUT2D eigenvalue weighted by Gasteiger charge is 2.34. The fourth-order valence-electron chi connectivity index (χ4n) is 2.88. The third-order valence-electron chi connectivity index (χ3n) is 4.15. The number of alkyl halides is 3. The normalized spacial score (nSPS) is 11.5. The van der Waals surface area contributed by atoms with Crippen LogP contribution in [-0.2, 0) is 6.18 Å². The number of pyridine rings is 1. The highest BCUT2D eigenvalue weighted by molar-refractivity contribution is 6.07. The summed E-state index contributed by atoms with van der Waals surface area (Å²) in [5, 5.41) is 2.70. The van der Waals surface area contributed by atoms with Crippen molar-refractivity contribution in [3.8, 4) is 11.4 Å². The number of H-pyrrole nitrogens is 1. The molecule has 0 aliphatic rings. The predicted molar refractivity (Wildman–Crippen MR) is 98.7 cm³/mol. The second kappa shape index (κ2) is 6.80. The van der Waals surface area contributed by atoms with Crippen LogP contribution in [0.4, 0.5) is 18.9 Å². The molecule has 4 aromatic rings. The molecule has 8 heteroatoms. The van der Waals surface area contributed by atoms with E-state index in [1.54, 1.807) is 36.4 Å². The molecule has 28 heavy (non-hydrogen) atoms. The molecule has 2 N–H and O–H groups in total. The molecule has 140 valence electrons. The smallest absolute Gasteiger partial charge is 0.338 e. The number of benzene rings is 2. The van der Waals surface area contributed by atoms with Gasteiger partial charge in [-0.15, -0.1) is 0 Å². The standard InChI is InChI=1S/C20H13F3N4O/c21-20(22,23)13-7-2-1-6-12(13)18-25-14-9-5-10-15(17(14)27-18)26-19(28)16-8-3-4-11-24-16/h1-11H,(H,25,27)(H,26,28). The first-order chi connectivity index (χ1) is 13.4. The van der Waals surface area contributed by atoms with Gasteiger partial charge in [0.25, 0.3) is 5.91 Å². The Labute approximate surface area is 157 Å². The summed E-state index contributed by atoms with van der Waals surface area (Å²) in [4.78, 5) is 23.6. The minimum absolute atomic E-state index is 0.0618. The van der Waals surface area contributed by atoms with Crippen molar-refractivity contribution in [1.29, 1.82) is 0 Å². The maximum atomic E-state index is 13.3. The number of carbonyl (C=O) groups is 1. The number of rotatable bonds is 3. The Hall–Kier alpha value is -3.68. The molecule has 0 spiro atoms. The van der Waals surface area contributed by atoms with Gasteiger partial charge >= 0.3 is 6.18 Å². The van der Waals surface area contributed by atoms with Crippen molar-refractivity contribution in [2.24, 2.45) is 0 Å². The number of nitrogens with zero attached hydrogens (tertiary/aromatic N) is 2. The van der Waals surface area contributed by atoms with E-state index >= 15 is 0 Å². The van der Waals surface area contributed by atoms with Crippen LogP contribution in [0.2, 0.25) is 0 Å². The first-order valence-corrected chi connectivity index (χ1v) is 8.31. The van der Waals surface area contributed by atoms with Crippen LogP contribution in [0.1, 0.15) is 16.1 Å². The molecule has 0 saturated carbocycles. The van der Waals surface area contributed by atoms with Gasteiger partial charge in [0, 0.05) is 11.8 Å². The lowest BCUT2D eigenvalue weighted by molar-refractivity contribution is -0.137. The molecule has 2 aromatic carbocycles. The quantitative estimate of drug-likeness (QED) is 0.530. The molecule has 0 fully saturated rings. The molecule has 0 aliphatic heterocycles. The Kier molecular flexibility index (Phi) is 4.31. The zero-order valence-electron chi connectivity index (χ0n) is 14.3. The van der Waals surface area contributed by atoms with Crippen molar-refractivity contribution >= 4 is 22.6 Å². The van der Waals surface area contributed by atoms with Gasteiger partial charge in [-0.3, -0.25) is 9.78 Å². The SMILES string of the molecule is O=C(Nc1cccc2[nH]c(-c3ccccc3C(F)(F)F)nc12)c1ccccn1. The number of halogens is 3. The summed E-state index contributed by atoms with van der Waals surface area (Å²) in [6, 6.07) is 15.1. The number of anilines is 1. The Morgan fingerprint density at radius 2 is 1.75 bits per heavy atom. The van der Waals surface area contributed by atoms with Crippen LogP contribution in [0, 0.1) is 0 Å². The average Bonchev–Trinajstić information content (AvgIpc) is 3.13. The highest BCUT2D eigenvalue weighted by Crippen LogP contribution is 2.37. The topological polar surface area (TPSA) is 70.7 Å². The number of imidazole rings is 1. The summed E-state index contributed by atoms with van der Waals surface area (Å²) < 4.78 is 40.0. The van der Waals surface area contributed by atoms with Crippen molar-refractivity contribution in [3.05, 3.63) is 78.1 Å². The number of amides is 1. The second-order valence-corrected chi connectivity index (χ2v) is 6.00. The first kappa shape index (κ1) is 17.7. The van der Waals surface area contributed by atoms with E-state index in [0.29, 0.717) is 16.7 Å². The summed E-state index contributed by atoms with van der Waals surface area (Å²) in [5.41, 5.74) is 0.615. The van der Waals surface area contributed by atoms with Gasteiger partial charge in [0.15, 0.2) is 0 Å². The number of nitrogens with one attached hydrogen (secondary N) is 2. The van der Waals surface area contributed by atoms with Gasteiger partial charge in [-0.2, -0.15) is 13.2 Å². The number of carbonyl (C=O) groups excluding carboxylic acids is 1. The number of fused-ring (bicyclic) bond motifs is 1. The first-order valence-electron chi connectivity index (χ1n) is 8.31. The van der Waals surface area contributed by atoms with Gasteiger partial charge < -0.3 is 10.3 Å². The molecule has 4 rings (SSSR count). The van der Waals surface area contributed by atoms with E-state index in [4.69, 9.17) is 0 Å². The second-order valence-electron chi connectivity index (χ2n) is 6.00. The van der Waals surface area contributed by atoms with Crippen molar-refractivity contribution in [1.82, 2.24) is 15.0 Å². The maximum absolute atomic E-state index is 13.3. The molecule has 2 aromatic heterocycles. The summed E-state index contributed by atoms with van der Waals surface area (Å²) in [6.45, 7) is 0. The molecule has 0 radical (unpaired) electrons. The van der Waals surface area contributed by atoms with E-state index in [2.05, 4.69) is 20.3 Å². The third kappa shape index (κ3) is 3.32. The van der Waals surface area contributed by atoms with Crippen molar-refractivity contribution in [2.45, 2.75) is 6.18 Å². The Bertz CT molecular complexity index is 1150. The van der Waals surface area contributed by atoms with Crippen LogP contribution in [0.15, 0.2) is 66.9 Å². The lowest BCUT2D eigenvalue weighted by atomic mass is 10.1. The largest absolute Gasteiger partial charge is 0.417 e.